The molecule has 0 saturated heterocycles. The van der Waals surface area contributed by atoms with Gasteiger partial charge in [-0.25, -0.2) is 9.78 Å². The summed E-state index contributed by atoms with van der Waals surface area (Å²) in [6.07, 6.45) is 0. The fourth-order valence-corrected chi connectivity index (χ4v) is 1.26. The van der Waals surface area contributed by atoms with Gasteiger partial charge in [0.1, 0.15) is 0 Å². The van der Waals surface area contributed by atoms with E-state index in [1.165, 1.54) is 0 Å². The maximum atomic E-state index is 10.3. The summed E-state index contributed by atoms with van der Waals surface area (Å²) >= 11 is 0. The van der Waals surface area contributed by atoms with Gasteiger partial charge >= 0.3 is 5.97 Å². The maximum absolute atomic E-state index is 10.3. The molecule has 5 heteroatoms. The summed E-state index contributed by atoms with van der Waals surface area (Å²) in [5.41, 5.74) is 0.792. The minimum absolute atomic E-state index is 0. The molecule has 2 rings (SSSR count). The number of rotatable bonds is 3. The van der Waals surface area contributed by atoms with Gasteiger partial charge in [0.15, 0.2) is 6.61 Å². The third kappa shape index (κ3) is 3.06. The molecule has 16 heavy (non-hydrogen) atoms. The minimum Gasteiger partial charge on any atom is -0.479 e. The van der Waals surface area contributed by atoms with E-state index in [0.29, 0.717) is 5.88 Å². The molecule has 1 radical (unpaired) electrons. The van der Waals surface area contributed by atoms with E-state index in [1.807, 2.05) is 30.3 Å². The Labute approximate surface area is 108 Å². The van der Waals surface area contributed by atoms with Gasteiger partial charge in [-0.3, -0.25) is 0 Å². The van der Waals surface area contributed by atoms with Crippen molar-refractivity contribution in [1.29, 1.82) is 0 Å². The molecule has 0 amide bonds. The van der Waals surface area contributed by atoms with Crippen LogP contribution in [0.4, 0.5) is 0 Å². The van der Waals surface area contributed by atoms with Crippen LogP contribution in [0.3, 0.4) is 0 Å². The first-order chi connectivity index (χ1) is 7.25. The van der Waals surface area contributed by atoms with Crippen LogP contribution < -0.4 is 4.74 Å². The standard InChI is InChI=1S/C11H9NO3.Ag/c13-11(14)7-15-10-6-5-8-3-1-2-4-9(8)12-10;/h1-6H,7H2,(H,13,14);. The van der Waals surface area contributed by atoms with Crippen molar-refractivity contribution < 1.29 is 37.0 Å². The van der Waals surface area contributed by atoms with Gasteiger partial charge in [-0.05, 0) is 12.1 Å². The molecule has 1 aromatic carbocycles. The van der Waals surface area contributed by atoms with Crippen LogP contribution in [-0.2, 0) is 27.2 Å². The molecule has 2 aromatic rings. The number of carboxylic acid groups (broad SMARTS) is 1. The van der Waals surface area contributed by atoms with E-state index in [4.69, 9.17) is 9.84 Å². The van der Waals surface area contributed by atoms with Gasteiger partial charge < -0.3 is 9.84 Å². The number of ether oxygens (including phenoxy) is 1. The Hall–Kier alpha value is -1.36. The molecule has 0 saturated carbocycles. The summed E-state index contributed by atoms with van der Waals surface area (Å²) in [4.78, 5) is 14.4. The second-order valence-electron chi connectivity index (χ2n) is 3.02. The first-order valence-electron chi connectivity index (χ1n) is 4.46. The molecular weight excluding hydrogens is 302 g/mol. The second-order valence-corrected chi connectivity index (χ2v) is 3.02. The van der Waals surface area contributed by atoms with Crippen LogP contribution in [0.2, 0.25) is 0 Å². The van der Waals surface area contributed by atoms with Crippen LogP contribution in [0.15, 0.2) is 36.4 Å². The molecule has 0 aliphatic heterocycles. The Balaban J connectivity index is 0.00000128. The number of carbonyl (C=O) groups is 1. The molecule has 0 fully saturated rings. The van der Waals surface area contributed by atoms with Crippen molar-refractivity contribution in [2.24, 2.45) is 0 Å². The molecule has 0 unspecified atom stereocenters. The van der Waals surface area contributed by atoms with Crippen LogP contribution >= 0.6 is 0 Å². The van der Waals surface area contributed by atoms with Crippen molar-refractivity contribution in [3.63, 3.8) is 0 Å². The number of benzene rings is 1. The zero-order valence-corrected chi connectivity index (χ0v) is 9.67. The molecule has 0 spiro atoms. The molecule has 1 N–H and O–H groups in total. The number of nitrogens with zero attached hydrogens (tertiary/aromatic N) is 1. The Bertz CT molecular complexity index is 501. The van der Waals surface area contributed by atoms with Crippen molar-refractivity contribution in [1.82, 2.24) is 4.98 Å². The monoisotopic (exact) mass is 310 g/mol. The number of carboxylic acids is 1. The number of hydrogen-bond donors (Lipinski definition) is 1. The van der Waals surface area contributed by atoms with Crippen molar-refractivity contribution in [2.75, 3.05) is 6.61 Å². The van der Waals surface area contributed by atoms with Gasteiger partial charge in [-0.2, -0.15) is 0 Å². The van der Waals surface area contributed by atoms with Gasteiger partial charge in [-0.15, -0.1) is 0 Å². The number of hydrogen-bond acceptors (Lipinski definition) is 3. The van der Waals surface area contributed by atoms with Crippen LogP contribution in [-0.4, -0.2) is 22.7 Å². The quantitative estimate of drug-likeness (QED) is 0.877. The Morgan fingerprint density at radius 2 is 2.00 bits per heavy atom. The third-order valence-corrected chi connectivity index (χ3v) is 1.92. The van der Waals surface area contributed by atoms with E-state index >= 15 is 0 Å². The molecule has 1 heterocycles. The summed E-state index contributed by atoms with van der Waals surface area (Å²) in [6, 6.07) is 11.1. The Kier molecular flexibility index (Phi) is 4.49. The summed E-state index contributed by atoms with van der Waals surface area (Å²) in [5.74, 6) is -0.680. The summed E-state index contributed by atoms with van der Waals surface area (Å²) in [7, 11) is 0. The molecule has 0 aliphatic carbocycles. The van der Waals surface area contributed by atoms with Gasteiger partial charge in [0.25, 0.3) is 0 Å². The van der Waals surface area contributed by atoms with E-state index in [2.05, 4.69) is 4.98 Å². The normalized spacial score (nSPS) is 9.50. The summed E-state index contributed by atoms with van der Waals surface area (Å²) in [5, 5.41) is 9.44. The first-order valence-corrected chi connectivity index (χ1v) is 4.46. The number of pyridine rings is 1. The molecule has 0 bridgehead atoms. The predicted octanol–water partition coefficient (Wildman–Crippen LogP) is 1.70. The largest absolute Gasteiger partial charge is 0.479 e. The molecule has 0 aliphatic rings. The number of para-hydroxylation sites is 1. The topological polar surface area (TPSA) is 59.4 Å². The Morgan fingerprint density at radius 1 is 1.25 bits per heavy atom. The first kappa shape index (κ1) is 12.7. The van der Waals surface area contributed by atoms with Gasteiger partial charge in [0.2, 0.25) is 5.88 Å². The fourth-order valence-electron chi connectivity index (χ4n) is 1.26. The van der Waals surface area contributed by atoms with E-state index in [9.17, 15) is 4.79 Å². The number of aromatic nitrogens is 1. The Morgan fingerprint density at radius 3 is 2.75 bits per heavy atom. The number of aliphatic carboxylic acids is 1. The van der Waals surface area contributed by atoms with Crippen LogP contribution in [0, 0.1) is 0 Å². The SMILES string of the molecule is O=C(O)COc1ccc2ccccc2n1.[Ag]. The van der Waals surface area contributed by atoms with Gasteiger partial charge in [-0.1, -0.05) is 18.2 Å². The van der Waals surface area contributed by atoms with E-state index in [-0.39, 0.29) is 29.0 Å². The van der Waals surface area contributed by atoms with Crippen molar-refractivity contribution >= 4 is 16.9 Å². The zero-order chi connectivity index (χ0) is 10.7. The summed E-state index contributed by atoms with van der Waals surface area (Å²) in [6.45, 7) is -0.370. The zero-order valence-electron chi connectivity index (χ0n) is 8.18. The van der Waals surface area contributed by atoms with Gasteiger partial charge in [0, 0.05) is 33.8 Å². The maximum Gasteiger partial charge on any atom is 0.341 e. The van der Waals surface area contributed by atoms with Crippen molar-refractivity contribution in [3.8, 4) is 5.88 Å². The predicted molar refractivity (Wildman–Crippen MR) is 54.9 cm³/mol. The van der Waals surface area contributed by atoms with Crippen LogP contribution in [0.5, 0.6) is 5.88 Å². The smallest absolute Gasteiger partial charge is 0.341 e. The minimum atomic E-state index is -1.01. The average Bonchev–Trinajstić information content (AvgIpc) is 2.26. The van der Waals surface area contributed by atoms with Crippen LogP contribution in [0.25, 0.3) is 10.9 Å². The molecule has 87 valence electrons. The van der Waals surface area contributed by atoms with Gasteiger partial charge in [0.05, 0.1) is 5.52 Å². The fraction of sp³-hybridized carbons (Fsp3) is 0.0909. The number of fused-ring (bicyclic) bond motifs is 1. The molecule has 1 aromatic heterocycles. The van der Waals surface area contributed by atoms with E-state index in [1.54, 1.807) is 6.07 Å². The van der Waals surface area contributed by atoms with Crippen LogP contribution in [0.1, 0.15) is 0 Å². The van der Waals surface area contributed by atoms with Crippen molar-refractivity contribution in [3.05, 3.63) is 36.4 Å². The third-order valence-electron chi connectivity index (χ3n) is 1.92. The van der Waals surface area contributed by atoms with E-state index < -0.39 is 5.97 Å². The molecular formula is C11H9AgNO3. The second kappa shape index (κ2) is 5.65. The van der Waals surface area contributed by atoms with Crippen molar-refractivity contribution in [2.45, 2.75) is 0 Å². The van der Waals surface area contributed by atoms with E-state index in [0.717, 1.165) is 10.9 Å². The average molecular weight is 311 g/mol. The molecule has 4 nitrogen and oxygen atoms in total. The summed E-state index contributed by atoms with van der Waals surface area (Å²) < 4.78 is 4.96. The molecule has 0 atom stereocenters.